The molecule has 0 aliphatic heterocycles. The Balaban J connectivity index is 1.80. The molecule has 0 atom stereocenters. The summed E-state index contributed by atoms with van der Waals surface area (Å²) in [5.74, 6) is 0.945. The second kappa shape index (κ2) is 6.24. The van der Waals surface area contributed by atoms with Crippen LogP contribution in [0.1, 0.15) is 11.5 Å². The van der Waals surface area contributed by atoms with Crippen LogP contribution in [-0.2, 0) is 0 Å². The standard InChI is InChI=1S/C16H10BrClN2O/c17-13-7-5-12(6-8-13)16-20-19-15(21-16)9-4-11-2-1-3-14(18)10-11/h1-10H/b9-4+. The van der Waals surface area contributed by atoms with E-state index in [1.54, 1.807) is 6.08 Å². The molecule has 0 bridgehead atoms. The van der Waals surface area contributed by atoms with Crippen molar-refractivity contribution < 1.29 is 4.42 Å². The summed E-state index contributed by atoms with van der Waals surface area (Å²) >= 11 is 9.33. The van der Waals surface area contributed by atoms with Crippen LogP contribution in [0.4, 0.5) is 0 Å². The Bertz CT molecular complexity index is 781. The quantitative estimate of drug-likeness (QED) is 0.633. The van der Waals surface area contributed by atoms with Gasteiger partial charge in [0.15, 0.2) is 0 Å². The first-order valence-electron chi connectivity index (χ1n) is 6.24. The second-order valence-corrected chi connectivity index (χ2v) is 5.69. The average Bonchev–Trinajstić information content (AvgIpc) is 2.95. The van der Waals surface area contributed by atoms with Crippen molar-refractivity contribution in [1.29, 1.82) is 0 Å². The Morgan fingerprint density at radius 2 is 1.81 bits per heavy atom. The fourth-order valence-electron chi connectivity index (χ4n) is 1.79. The first-order valence-corrected chi connectivity index (χ1v) is 7.41. The lowest BCUT2D eigenvalue weighted by Crippen LogP contribution is -1.76. The van der Waals surface area contributed by atoms with Gasteiger partial charge in [0, 0.05) is 21.1 Å². The lowest BCUT2D eigenvalue weighted by molar-refractivity contribution is 0.558. The zero-order chi connectivity index (χ0) is 14.7. The van der Waals surface area contributed by atoms with E-state index in [4.69, 9.17) is 16.0 Å². The molecule has 0 fully saturated rings. The van der Waals surface area contributed by atoms with Gasteiger partial charge in [-0.15, -0.1) is 10.2 Å². The molecular formula is C16H10BrClN2O. The fourth-order valence-corrected chi connectivity index (χ4v) is 2.25. The van der Waals surface area contributed by atoms with Gasteiger partial charge in [-0.05, 0) is 48.0 Å². The number of benzene rings is 2. The summed E-state index contributed by atoms with van der Waals surface area (Å²) in [6.45, 7) is 0. The summed E-state index contributed by atoms with van der Waals surface area (Å²) < 4.78 is 6.61. The van der Waals surface area contributed by atoms with Crippen LogP contribution in [-0.4, -0.2) is 10.2 Å². The monoisotopic (exact) mass is 360 g/mol. The highest BCUT2D eigenvalue weighted by Crippen LogP contribution is 2.21. The van der Waals surface area contributed by atoms with Crippen molar-refractivity contribution in [2.24, 2.45) is 0 Å². The van der Waals surface area contributed by atoms with Crippen LogP contribution < -0.4 is 0 Å². The number of hydrogen-bond acceptors (Lipinski definition) is 3. The molecule has 21 heavy (non-hydrogen) atoms. The van der Waals surface area contributed by atoms with Crippen LogP contribution in [0, 0.1) is 0 Å². The number of halogens is 2. The zero-order valence-electron chi connectivity index (χ0n) is 10.8. The van der Waals surface area contributed by atoms with Crippen LogP contribution in [0.25, 0.3) is 23.6 Å². The Hall–Kier alpha value is -1.91. The molecule has 0 unspecified atom stereocenters. The molecule has 0 aliphatic rings. The van der Waals surface area contributed by atoms with Gasteiger partial charge in [0.25, 0.3) is 0 Å². The van der Waals surface area contributed by atoms with Crippen LogP contribution in [0.15, 0.2) is 57.4 Å². The normalized spacial score (nSPS) is 11.1. The van der Waals surface area contributed by atoms with Gasteiger partial charge in [-0.1, -0.05) is 39.7 Å². The van der Waals surface area contributed by atoms with E-state index in [2.05, 4.69) is 26.1 Å². The van der Waals surface area contributed by atoms with Gasteiger partial charge in [-0.25, -0.2) is 0 Å². The fraction of sp³-hybridized carbons (Fsp3) is 0. The molecule has 0 spiro atoms. The van der Waals surface area contributed by atoms with E-state index in [0.29, 0.717) is 16.8 Å². The highest BCUT2D eigenvalue weighted by atomic mass is 79.9. The molecule has 0 amide bonds. The molecule has 3 nitrogen and oxygen atoms in total. The summed E-state index contributed by atoms with van der Waals surface area (Å²) in [6, 6.07) is 15.2. The Morgan fingerprint density at radius 1 is 1.00 bits per heavy atom. The van der Waals surface area contributed by atoms with Gasteiger partial charge in [0.2, 0.25) is 11.8 Å². The molecule has 1 aromatic heterocycles. The maximum atomic E-state index is 5.93. The minimum Gasteiger partial charge on any atom is -0.417 e. The van der Waals surface area contributed by atoms with Crippen molar-refractivity contribution in [3.63, 3.8) is 0 Å². The van der Waals surface area contributed by atoms with Gasteiger partial charge in [0.1, 0.15) is 0 Å². The predicted molar refractivity (Wildman–Crippen MR) is 87.8 cm³/mol. The summed E-state index contributed by atoms with van der Waals surface area (Å²) in [7, 11) is 0. The molecule has 0 N–H and O–H groups in total. The molecule has 5 heteroatoms. The maximum absolute atomic E-state index is 5.93. The van der Waals surface area contributed by atoms with Crippen LogP contribution in [0.3, 0.4) is 0 Å². The predicted octanol–water partition coefficient (Wildman–Crippen LogP) is 5.32. The summed E-state index contributed by atoms with van der Waals surface area (Å²) in [6.07, 6.45) is 3.64. The maximum Gasteiger partial charge on any atom is 0.248 e. The van der Waals surface area contributed by atoms with E-state index >= 15 is 0 Å². The van der Waals surface area contributed by atoms with Crippen molar-refractivity contribution in [1.82, 2.24) is 10.2 Å². The molecule has 0 aliphatic carbocycles. The number of nitrogens with zero attached hydrogens (tertiary/aromatic N) is 2. The minimum atomic E-state index is 0.452. The Labute approximate surface area is 135 Å². The van der Waals surface area contributed by atoms with Crippen molar-refractivity contribution in [2.75, 3.05) is 0 Å². The molecule has 0 saturated carbocycles. The third kappa shape index (κ3) is 3.60. The molecule has 104 valence electrons. The SMILES string of the molecule is Clc1cccc(/C=C/c2nnc(-c3ccc(Br)cc3)o2)c1. The average molecular weight is 362 g/mol. The molecule has 0 radical (unpaired) electrons. The van der Waals surface area contributed by atoms with Crippen molar-refractivity contribution >= 4 is 39.7 Å². The number of rotatable bonds is 3. The van der Waals surface area contributed by atoms with E-state index < -0.39 is 0 Å². The lowest BCUT2D eigenvalue weighted by atomic mass is 10.2. The topological polar surface area (TPSA) is 38.9 Å². The highest BCUT2D eigenvalue weighted by molar-refractivity contribution is 9.10. The smallest absolute Gasteiger partial charge is 0.248 e. The van der Waals surface area contributed by atoms with Gasteiger partial charge in [-0.2, -0.15) is 0 Å². The first kappa shape index (κ1) is 14.0. The van der Waals surface area contributed by atoms with Crippen molar-refractivity contribution in [2.45, 2.75) is 0 Å². The molecular weight excluding hydrogens is 352 g/mol. The number of hydrogen-bond donors (Lipinski definition) is 0. The lowest BCUT2D eigenvalue weighted by Gasteiger charge is -1.94. The molecule has 3 aromatic rings. The summed E-state index contributed by atoms with van der Waals surface area (Å²) in [5.41, 5.74) is 1.86. The second-order valence-electron chi connectivity index (χ2n) is 4.34. The largest absolute Gasteiger partial charge is 0.417 e. The first-order chi connectivity index (χ1) is 10.2. The third-order valence-corrected chi connectivity index (χ3v) is 3.56. The van der Waals surface area contributed by atoms with Crippen LogP contribution in [0.2, 0.25) is 5.02 Å². The van der Waals surface area contributed by atoms with Gasteiger partial charge in [-0.3, -0.25) is 0 Å². The molecule has 3 rings (SSSR count). The van der Waals surface area contributed by atoms with Gasteiger partial charge >= 0.3 is 0 Å². The van der Waals surface area contributed by atoms with Crippen molar-refractivity contribution in [3.8, 4) is 11.5 Å². The minimum absolute atomic E-state index is 0.452. The molecule has 2 aromatic carbocycles. The van der Waals surface area contributed by atoms with Crippen molar-refractivity contribution in [3.05, 3.63) is 69.5 Å². The van der Waals surface area contributed by atoms with E-state index in [1.165, 1.54) is 0 Å². The van der Waals surface area contributed by atoms with Gasteiger partial charge in [0.05, 0.1) is 0 Å². The Kier molecular flexibility index (Phi) is 4.18. The molecule has 1 heterocycles. The zero-order valence-corrected chi connectivity index (χ0v) is 13.2. The van der Waals surface area contributed by atoms with E-state index in [9.17, 15) is 0 Å². The highest BCUT2D eigenvalue weighted by Gasteiger charge is 2.06. The Morgan fingerprint density at radius 3 is 2.57 bits per heavy atom. The summed E-state index contributed by atoms with van der Waals surface area (Å²) in [5, 5.41) is 8.73. The van der Waals surface area contributed by atoms with E-state index in [0.717, 1.165) is 15.6 Å². The van der Waals surface area contributed by atoms with E-state index in [1.807, 2.05) is 54.6 Å². The molecule has 0 saturated heterocycles. The van der Waals surface area contributed by atoms with Crippen LogP contribution >= 0.6 is 27.5 Å². The van der Waals surface area contributed by atoms with Crippen LogP contribution in [0.5, 0.6) is 0 Å². The van der Waals surface area contributed by atoms with E-state index in [-0.39, 0.29) is 0 Å². The van der Waals surface area contributed by atoms with Gasteiger partial charge < -0.3 is 4.42 Å². The summed E-state index contributed by atoms with van der Waals surface area (Å²) in [4.78, 5) is 0. The number of aromatic nitrogens is 2. The third-order valence-electron chi connectivity index (χ3n) is 2.80.